The Labute approximate surface area is 148 Å². The van der Waals surface area contributed by atoms with Gasteiger partial charge in [0.25, 0.3) is 16.0 Å². The van der Waals surface area contributed by atoms with Crippen LogP contribution < -0.4 is 5.32 Å². The molecule has 138 valence electrons. The van der Waals surface area contributed by atoms with Gasteiger partial charge >= 0.3 is 11.9 Å². The molecule has 0 aromatic heterocycles. The second kappa shape index (κ2) is 7.50. The average molecular weight is 381 g/mol. The highest BCUT2D eigenvalue weighted by Crippen LogP contribution is 2.23. The van der Waals surface area contributed by atoms with Crippen LogP contribution in [-0.4, -0.2) is 54.8 Å². The van der Waals surface area contributed by atoms with Crippen molar-refractivity contribution in [2.75, 3.05) is 12.9 Å². The lowest BCUT2D eigenvalue weighted by Crippen LogP contribution is -2.45. The summed E-state index contributed by atoms with van der Waals surface area (Å²) in [4.78, 5) is 35.8. The van der Waals surface area contributed by atoms with E-state index in [1.54, 1.807) is 30.3 Å². The first-order valence-corrected chi connectivity index (χ1v) is 8.84. The summed E-state index contributed by atoms with van der Waals surface area (Å²) in [7, 11) is -3.53. The zero-order valence-corrected chi connectivity index (χ0v) is 14.3. The molecule has 1 amide bonds. The monoisotopic (exact) mass is 381 g/mol. The number of carbonyl (C=O) groups is 3. The highest BCUT2D eigenvalue weighted by molar-refractivity contribution is 7.85. The number of esters is 1. The summed E-state index contributed by atoms with van der Waals surface area (Å²) in [6, 6.07) is 7.59. The fraction of sp³-hybridized carbons (Fsp3) is 0.188. The van der Waals surface area contributed by atoms with E-state index in [1.165, 1.54) is 6.07 Å². The van der Waals surface area contributed by atoms with E-state index in [0.717, 1.165) is 7.11 Å². The third kappa shape index (κ3) is 4.35. The predicted octanol–water partition coefficient (Wildman–Crippen LogP) is 0.697. The number of methoxy groups -OCH3 is 1. The molecule has 3 N–H and O–H groups in total. The molecular weight excluding hydrogens is 366 g/mol. The number of carboxylic acids is 1. The molecule has 0 bridgehead atoms. The van der Waals surface area contributed by atoms with Crippen LogP contribution in [0.3, 0.4) is 0 Å². The van der Waals surface area contributed by atoms with Crippen molar-refractivity contribution in [1.29, 1.82) is 0 Å². The van der Waals surface area contributed by atoms with Crippen molar-refractivity contribution in [3.63, 3.8) is 0 Å². The van der Waals surface area contributed by atoms with E-state index in [-0.39, 0.29) is 11.1 Å². The fourth-order valence-electron chi connectivity index (χ4n) is 2.41. The molecule has 0 saturated carbocycles. The molecule has 26 heavy (non-hydrogen) atoms. The Hall–Kier alpha value is -2.98. The van der Waals surface area contributed by atoms with Gasteiger partial charge in [0, 0.05) is 0 Å². The van der Waals surface area contributed by atoms with Gasteiger partial charge in [-0.2, -0.15) is 8.42 Å². The Balaban J connectivity index is 2.54. The second-order valence-electron chi connectivity index (χ2n) is 5.31. The first-order valence-electron chi connectivity index (χ1n) is 7.23. The van der Waals surface area contributed by atoms with Crippen molar-refractivity contribution < 1.29 is 37.2 Å². The molecular formula is C16H15NO8S. The molecule has 9 nitrogen and oxygen atoms in total. The number of benzene rings is 2. The summed E-state index contributed by atoms with van der Waals surface area (Å²) in [5.41, 5.74) is -0.267. The van der Waals surface area contributed by atoms with Crippen molar-refractivity contribution in [2.24, 2.45) is 0 Å². The highest BCUT2D eigenvalue weighted by atomic mass is 32.2. The van der Waals surface area contributed by atoms with Crippen LogP contribution in [0, 0.1) is 0 Å². The van der Waals surface area contributed by atoms with Crippen LogP contribution >= 0.6 is 0 Å². The maximum atomic E-state index is 12.6. The third-order valence-electron chi connectivity index (χ3n) is 3.54. The quantitative estimate of drug-likeness (QED) is 0.489. The summed E-state index contributed by atoms with van der Waals surface area (Å²) in [5, 5.41) is 12.1. The summed E-state index contributed by atoms with van der Waals surface area (Å²) in [5.74, 6) is -4.68. The molecule has 1 atom stereocenters. The maximum absolute atomic E-state index is 12.6. The van der Waals surface area contributed by atoms with Crippen LogP contribution in [-0.2, 0) is 19.6 Å². The number of aliphatic carboxylic acids is 1. The zero-order valence-electron chi connectivity index (χ0n) is 13.5. The first-order chi connectivity index (χ1) is 12.1. The van der Waals surface area contributed by atoms with Gasteiger partial charge in [0.05, 0.1) is 18.2 Å². The average Bonchev–Trinajstić information content (AvgIpc) is 2.58. The van der Waals surface area contributed by atoms with Gasteiger partial charge in [-0.15, -0.1) is 0 Å². The van der Waals surface area contributed by atoms with Crippen LogP contribution in [0.2, 0.25) is 0 Å². The lowest BCUT2D eigenvalue weighted by Gasteiger charge is -2.16. The van der Waals surface area contributed by atoms with Crippen LogP contribution in [0.25, 0.3) is 10.8 Å². The van der Waals surface area contributed by atoms with Crippen molar-refractivity contribution >= 4 is 38.7 Å². The molecule has 0 aliphatic carbocycles. The Morgan fingerprint density at radius 1 is 1.15 bits per heavy atom. The predicted molar refractivity (Wildman–Crippen MR) is 90.6 cm³/mol. The van der Waals surface area contributed by atoms with Gasteiger partial charge in [0.2, 0.25) is 0 Å². The molecule has 2 aromatic rings. The lowest BCUT2D eigenvalue weighted by atomic mass is 9.98. The summed E-state index contributed by atoms with van der Waals surface area (Å²) >= 11 is 0. The number of carboxylic acid groups (broad SMARTS) is 1. The molecule has 0 heterocycles. The Morgan fingerprint density at radius 2 is 1.81 bits per heavy atom. The normalized spacial score (nSPS) is 12.4. The molecule has 10 heteroatoms. The molecule has 2 aromatic carbocycles. The topological polar surface area (TPSA) is 147 Å². The van der Waals surface area contributed by atoms with E-state index in [4.69, 9.17) is 9.66 Å². The number of hydrogen-bond acceptors (Lipinski definition) is 6. The minimum absolute atomic E-state index is 0.111. The molecule has 0 saturated heterocycles. The minimum atomic E-state index is -4.66. The van der Waals surface area contributed by atoms with Gasteiger partial charge in [-0.3, -0.25) is 9.35 Å². The number of nitrogens with one attached hydrogen (secondary N) is 1. The zero-order chi connectivity index (χ0) is 19.5. The van der Waals surface area contributed by atoms with Crippen LogP contribution in [0.15, 0.2) is 36.4 Å². The van der Waals surface area contributed by atoms with E-state index < -0.39 is 39.8 Å². The number of rotatable bonds is 6. The fourth-order valence-corrected chi connectivity index (χ4v) is 3.06. The van der Waals surface area contributed by atoms with E-state index in [0.29, 0.717) is 10.8 Å². The smallest absolute Gasteiger partial charge is 0.338 e. The molecule has 0 radical (unpaired) electrons. The minimum Gasteiger partial charge on any atom is -0.480 e. The molecule has 0 unspecified atom stereocenters. The molecule has 0 spiro atoms. The van der Waals surface area contributed by atoms with Crippen LogP contribution in [0.5, 0.6) is 0 Å². The van der Waals surface area contributed by atoms with Gasteiger partial charge in [-0.05, 0) is 16.8 Å². The number of ether oxygens (including phenoxy) is 1. The van der Waals surface area contributed by atoms with E-state index in [1.807, 2.05) is 5.32 Å². The largest absolute Gasteiger partial charge is 0.480 e. The lowest BCUT2D eigenvalue weighted by molar-refractivity contribution is -0.138. The van der Waals surface area contributed by atoms with Crippen molar-refractivity contribution in [3.8, 4) is 0 Å². The van der Waals surface area contributed by atoms with Gasteiger partial charge in [-0.25, -0.2) is 9.59 Å². The number of carbonyl (C=O) groups excluding carboxylic acids is 2. The van der Waals surface area contributed by atoms with E-state index >= 15 is 0 Å². The van der Waals surface area contributed by atoms with E-state index in [9.17, 15) is 22.8 Å². The van der Waals surface area contributed by atoms with Crippen molar-refractivity contribution in [1.82, 2.24) is 5.32 Å². The van der Waals surface area contributed by atoms with Gasteiger partial charge in [0.15, 0.2) is 0 Å². The number of fused-ring (bicyclic) bond motifs is 1. The van der Waals surface area contributed by atoms with Gasteiger partial charge < -0.3 is 15.2 Å². The maximum Gasteiger partial charge on any atom is 0.338 e. The molecule has 0 fully saturated rings. The molecule has 2 rings (SSSR count). The van der Waals surface area contributed by atoms with Crippen molar-refractivity contribution in [3.05, 3.63) is 47.5 Å². The summed E-state index contributed by atoms with van der Waals surface area (Å²) in [6.45, 7) is 0. The number of hydrogen-bond donors (Lipinski definition) is 3. The van der Waals surface area contributed by atoms with Gasteiger partial charge in [-0.1, -0.05) is 30.3 Å². The summed E-state index contributed by atoms with van der Waals surface area (Å²) < 4.78 is 35.4. The Kier molecular flexibility index (Phi) is 5.58. The van der Waals surface area contributed by atoms with Crippen LogP contribution in [0.1, 0.15) is 20.7 Å². The molecule has 0 aliphatic rings. The molecule has 0 aliphatic heterocycles. The van der Waals surface area contributed by atoms with Crippen molar-refractivity contribution in [2.45, 2.75) is 6.04 Å². The highest BCUT2D eigenvalue weighted by Gasteiger charge is 2.29. The first kappa shape index (κ1) is 19.3. The third-order valence-corrected chi connectivity index (χ3v) is 4.30. The Bertz CT molecular complexity index is 983. The standard InChI is InChI=1S/C16H15NO8S/c1-25-16(21)11-7-6-9-4-2-3-5-10(9)13(11)14(18)17-12(15(19)20)8-26(22,23)24/h2-7,12H,8H2,1H3,(H,17,18)(H,19,20)(H,22,23,24)/t12-/m0/s1. The second-order valence-corrected chi connectivity index (χ2v) is 6.81. The number of amides is 1. The van der Waals surface area contributed by atoms with Gasteiger partial charge in [0.1, 0.15) is 11.8 Å². The Morgan fingerprint density at radius 3 is 2.38 bits per heavy atom. The van der Waals surface area contributed by atoms with Crippen LogP contribution in [0.4, 0.5) is 0 Å². The van der Waals surface area contributed by atoms with E-state index in [2.05, 4.69) is 4.74 Å². The SMILES string of the molecule is COC(=O)c1ccc2ccccc2c1C(=O)N[C@@H](CS(=O)(=O)O)C(=O)O. The summed E-state index contributed by atoms with van der Waals surface area (Å²) in [6.07, 6.45) is 0.